The summed E-state index contributed by atoms with van der Waals surface area (Å²) >= 11 is 0. The molecule has 0 aliphatic carbocycles. The topological polar surface area (TPSA) is 0 Å². The second kappa shape index (κ2) is 5.97. The highest BCUT2D eigenvalue weighted by molar-refractivity contribution is 5.43. The molecule has 0 bridgehead atoms. The molecule has 0 amide bonds. The zero-order valence-corrected chi connectivity index (χ0v) is 12.1. The van der Waals surface area contributed by atoms with Gasteiger partial charge in [-0.1, -0.05) is 91.0 Å². The summed E-state index contributed by atoms with van der Waals surface area (Å²) < 4.78 is 0. The van der Waals surface area contributed by atoms with Gasteiger partial charge in [-0.05, 0) is 30.0 Å². The summed E-state index contributed by atoms with van der Waals surface area (Å²) in [6, 6.07) is 31.7. The van der Waals surface area contributed by atoms with Crippen molar-refractivity contribution in [3.05, 3.63) is 115 Å². The molecule has 3 rings (SSSR count). The lowest BCUT2D eigenvalue weighted by Crippen LogP contribution is -2.27. The first-order valence-electron chi connectivity index (χ1n) is 7.29. The number of rotatable bonds is 4. The third-order valence-corrected chi connectivity index (χ3v) is 4.00. The fourth-order valence-electron chi connectivity index (χ4n) is 2.83. The first-order chi connectivity index (χ1) is 10.3. The normalized spacial score (nSPS) is 11.3. The van der Waals surface area contributed by atoms with E-state index in [-0.39, 0.29) is 5.41 Å². The molecule has 0 saturated carbocycles. The summed E-state index contributed by atoms with van der Waals surface area (Å²) in [5.74, 6) is 0. The molecule has 0 aliphatic heterocycles. The quantitative estimate of drug-likeness (QED) is 0.623. The second-order valence-electron chi connectivity index (χ2n) is 5.48. The lowest BCUT2D eigenvalue weighted by molar-refractivity contribution is 0.633. The van der Waals surface area contributed by atoms with Crippen LogP contribution in [0.1, 0.15) is 16.7 Å². The molecule has 0 unspecified atom stereocenters. The third-order valence-electron chi connectivity index (χ3n) is 4.00. The molecule has 3 aromatic carbocycles. The van der Waals surface area contributed by atoms with Crippen LogP contribution in [0.2, 0.25) is 0 Å². The van der Waals surface area contributed by atoms with E-state index in [0.717, 1.165) is 6.42 Å². The zero-order chi connectivity index (χ0) is 14.5. The summed E-state index contributed by atoms with van der Waals surface area (Å²) in [5.41, 5.74) is 3.55. The van der Waals surface area contributed by atoms with Crippen LogP contribution in [0.25, 0.3) is 0 Å². The van der Waals surface area contributed by atoms with E-state index in [4.69, 9.17) is 0 Å². The van der Waals surface area contributed by atoms with Gasteiger partial charge in [0.2, 0.25) is 0 Å². The Morgan fingerprint density at radius 3 is 1.38 bits per heavy atom. The molecule has 0 fully saturated rings. The SMILES string of the molecule is [CH2]C(Cc1ccccc1)(c1ccccc1)c1ccccc1. The van der Waals surface area contributed by atoms with E-state index in [1.807, 2.05) is 0 Å². The van der Waals surface area contributed by atoms with Crippen LogP contribution in [-0.4, -0.2) is 0 Å². The van der Waals surface area contributed by atoms with E-state index >= 15 is 0 Å². The molecule has 21 heavy (non-hydrogen) atoms. The highest BCUT2D eigenvalue weighted by Crippen LogP contribution is 2.34. The van der Waals surface area contributed by atoms with Gasteiger partial charge in [0.15, 0.2) is 0 Å². The van der Waals surface area contributed by atoms with Crippen molar-refractivity contribution < 1.29 is 0 Å². The first-order valence-corrected chi connectivity index (χ1v) is 7.29. The van der Waals surface area contributed by atoms with Crippen LogP contribution in [0.3, 0.4) is 0 Å². The minimum absolute atomic E-state index is 0.260. The molecule has 0 saturated heterocycles. The lowest BCUT2D eigenvalue weighted by Gasteiger charge is -2.31. The van der Waals surface area contributed by atoms with Crippen molar-refractivity contribution in [2.75, 3.05) is 0 Å². The van der Waals surface area contributed by atoms with E-state index in [2.05, 4.69) is 97.9 Å². The molecule has 0 heteroatoms. The van der Waals surface area contributed by atoms with Crippen LogP contribution < -0.4 is 0 Å². The number of benzene rings is 3. The third kappa shape index (κ3) is 2.90. The molecule has 1 radical (unpaired) electrons. The Balaban J connectivity index is 2.07. The highest BCUT2D eigenvalue weighted by atomic mass is 14.3. The first kappa shape index (κ1) is 13.6. The summed E-state index contributed by atoms with van der Waals surface area (Å²) in [6.07, 6.45) is 0.891. The second-order valence-corrected chi connectivity index (χ2v) is 5.48. The predicted octanol–water partition coefficient (Wildman–Crippen LogP) is 5.05. The molecule has 0 heterocycles. The molecule has 0 nitrogen and oxygen atoms in total. The van der Waals surface area contributed by atoms with E-state index in [9.17, 15) is 0 Å². The van der Waals surface area contributed by atoms with Gasteiger partial charge in [0.1, 0.15) is 0 Å². The Bertz CT molecular complexity index is 630. The molecule has 0 N–H and O–H groups in total. The molecular weight excluding hydrogens is 252 g/mol. The Hall–Kier alpha value is -2.34. The van der Waals surface area contributed by atoms with Crippen LogP contribution in [-0.2, 0) is 11.8 Å². The maximum Gasteiger partial charge on any atom is 0.0243 e. The van der Waals surface area contributed by atoms with Crippen LogP contribution in [0.5, 0.6) is 0 Å². The van der Waals surface area contributed by atoms with Crippen molar-refractivity contribution in [3.63, 3.8) is 0 Å². The molecule has 0 spiro atoms. The van der Waals surface area contributed by atoms with Gasteiger partial charge in [-0.25, -0.2) is 0 Å². The van der Waals surface area contributed by atoms with Crippen molar-refractivity contribution in [2.45, 2.75) is 11.8 Å². The lowest BCUT2D eigenvalue weighted by atomic mass is 9.72. The Kier molecular flexibility index (Phi) is 3.87. The minimum atomic E-state index is -0.260. The maximum atomic E-state index is 4.61. The fraction of sp³-hybridized carbons (Fsp3) is 0.0952. The van der Waals surface area contributed by atoms with Crippen LogP contribution in [0.4, 0.5) is 0 Å². The Morgan fingerprint density at radius 1 is 0.571 bits per heavy atom. The fourth-order valence-corrected chi connectivity index (χ4v) is 2.83. The Labute approximate surface area is 127 Å². The van der Waals surface area contributed by atoms with Gasteiger partial charge in [-0.15, -0.1) is 0 Å². The Morgan fingerprint density at radius 2 is 0.952 bits per heavy atom. The van der Waals surface area contributed by atoms with Crippen molar-refractivity contribution in [1.82, 2.24) is 0 Å². The average Bonchev–Trinajstić information content (AvgIpc) is 2.57. The summed E-state index contributed by atoms with van der Waals surface area (Å²) in [7, 11) is 0. The maximum absolute atomic E-state index is 4.61. The van der Waals surface area contributed by atoms with Gasteiger partial charge in [0, 0.05) is 5.41 Å². The minimum Gasteiger partial charge on any atom is -0.0622 e. The average molecular weight is 271 g/mol. The largest absolute Gasteiger partial charge is 0.0622 e. The van der Waals surface area contributed by atoms with E-state index in [1.54, 1.807) is 0 Å². The number of hydrogen-bond donors (Lipinski definition) is 0. The van der Waals surface area contributed by atoms with Gasteiger partial charge < -0.3 is 0 Å². The molecule has 0 aromatic heterocycles. The van der Waals surface area contributed by atoms with Gasteiger partial charge in [-0.3, -0.25) is 0 Å². The van der Waals surface area contributed by atoms with Crippen molar-refractivity contribution >= 4 is 0 Å². The molecular formula is C21H19. The molecule has 3 aromatic rings. The molecule has 103 valence electrons. The van der Waals surface area contributed by atoms with E-state index < -0.39 is 0 Å². The summed E-state index contributed by atoms with van der Waals surface area (Å²) in [4.78, 5) is 0. The van der Waals surface area contributed by atoms with Gasteiger partial charge >= 0.3 is 0 Å². The standard InChI is InChI=1S/C21H19/c1-21(19-13-7-3-8-14-19,20-15-9-4-10-16-20)17-18-11-5-2-6-12-18/h2-16H,1,17H2. The van der Waals surface area contributed by atoms with Crippen LogP contribution >= 0.6 is 0 Å². The van der Waals surface area contributed by atoms with Crippen molar-refractivity contribution in [2.24, 2.45) is 0 Å². The molecule has 0 atom stereocenters. The van der Waals surface area contributed by atoms with E-state index in [1.165, 1.54) is 16.7 Å². The van der Waals surface area contributed by atoms with Gasteiger partial charge in [0.25, 0.3) is 0 Å². The van der Waals surface area contributed by atoms with Crippen LogP contribution in [0.15, 0.2) is 91.0 Å². The van der Waals surface area contributed by atoms with E-state index in [0.29, 0.717) is 0 Å². The summed E-state index contributed by atoms with van der Waals surface area (Å²) in [5, 5.41) is 0. The number of hydrogen-bond acceptors (Lipinski definition) is 0. The highest BCUT2D eigenvalue weighted by Gasteiger charge is 2.28. The van der Waals surface area contributed by atoms with Gasteiger partial charge in [-0.2, -0.15) is 0 Å². The smallest absolute Gasteiger partial charge is 0.0243 e. The van der Waals surface area contributed by atoms with Crippen molar-refractivity contribution in [1.29, 1.82) is 0 Å². The molecule has 0 aliphatic rings. The van der Waals surface area contributed by atoms with Crippen LogP contribution in [0, 0.1) is 6.92 Å². The summed E-state index contributed by atoms with van der Waals surface area (Å²) in [6.45, 7) is 4.61. The van der Waals surface area contributed by atoms with Crippen molar-refractivity contribution in [3.8, 4) is 0 Å². The predicted molar refractivity (Wildman–Crippen MR) is 89.2 cm³/mol. The zero-order valence-electron chi connectivity index (χ0n) is 12.1. The van der Waals surface area contributed by atoms with Gasteiger partial charge in [0.05, 0.1) is 0 Å². The monoisotopic (exact) mass is 271 g/mol.